The molecule has 0 aliphatic heterocycles. The lowest BCUT2D eigenvalue weighted by atomic mass is 10.1. The Kier molecular flexibility index (Phi) is 2.30. The van der Waals surface area contributed by atoms with Gasteiger partial charge in [0.1, 0.15) is 5.75 Å². The van der Waals surface area contributed by atoms with Crippen LogP contribution in [-0.4, -0.2) is 11.0 Å². The number of nitrogen functional groups attached to an aromatic ring is 1. The summed E-state index contributed by atoms with van der Waals surface area (Å²) in [5.74, 6) is 4.36. The fraction of sp³-hybridized carbons (Fsp3) is 0.125. The summed E-state index contributed by atoms with van der Waals surface area (Å²) in [6.45, 7) is 1.83. The average molecular weight is 166 g/mol. The second kappa shape index (κ2) is 3.23. The minimum absolute atomic E-state index is 0.0662. The first-order valence-electron chi connectivity index (χ1n) is 3.45. The van der Waals surface area contributed by atoms with Gasteiger partial charge in [-0.15, -0.1) is 0 Å². The molecule has 0 saturated heterocycles. The first kappa shape index (κ1) is 8.55. The third kappa shape index (κ3) is 1.54. The van der Waals surface area contributed by atoms with Crippen molar-refractivity contribution in [2.24, 2.45) is 5.84 Å². The average Bonchev–Trinajstić information content (AvgIpc) is 2.08. The molecule has 0 unspecified atom stereocenters. The van der Waals surface area contributed by atoms with Gasteiger partial charge < -0.3 is 5.11 Å². The van der Waals surface area contributed by atoms with Crippen LogP contribution in [0, 0.1) is 6.92 Å². The number of carbonyl (C=O) groups is 1. The van der Waals surface area contributed by atoms with E-state index in [-0.39, 0.29) is 11.3 Å². The highest BCUT2D eigenvalue weighted by Gasteiger charge is 2.08. The van der Waals surface area contributed by atoms with E-state index in [1.165, 1.54) is 6.07 Å². The van der Waals surface area contributed by atoms with Gasteiger partial charge in [-0.2, -0.15) is 0 Å². The van der Waals surface area contributed by atoms with Crippen molar-refractivity contribution >= 4 is 5.91 Å². The number of nitrogens with two attached hydrogens (primary N) is 1. The topological polar surface area (TPSA) is 75.3 Å². The number of carbonyl (C=O) groups excluding carboxylic acids is 1. The molecule has 4 nitrogen and oxygen atoms in total. The molecule has 0 aromatic heterocycles. The normalized spacial score (nSPS) is 9.50. The molecular weight excluding hydrogens is 156 g/mol. The zero-order valence-corrected chi connectivity index (χ0v) is 6.66. The highest BCUT2D eigenvalue weighted by Crippen LogP contribution is 2.17. The molecule has 0 heterocycles. The fourth-order valence-corrected chi connectivity index (χ4v) is 0.910. The van der Waals surface area contributed by atoms with Crippen molar-refractivity contribution < 1.29 is 9.90 Å². The van der Waals surface area contributed by atoms with Crippen LogP contribution in [0.3, 0.4) is 0 Å². The molecule has 0 radical (unpaired) electrons. The number of benzene rings is 1. The van der Waals surface area contributed by atoms with Gasteiger partial charge in [-0.25, -0.2) is 5.84 Å². The first-order valence-corrected chi connectivity index (χ1v) is 3.45. The maximum Gasteiger partial charge on any atom is 0.268 e. The van der Waals surface area contributed by atoms with E-state index in [4.69, 9.17) is 5.84 Å². The Balaban J connectivity index is 3.13. The van der Waals surface area contributed by atoms with E-state index in [0.29, 0.717) is 0 Å². The van der Waals surface area contributed by atoms with Gasteiger partial charge in [0.15, 0.2) is 0 Å². The summed E-state index contributed by atoms with van der Waals surface area (Å²) < 4.78 is 0. The van der Waals surface area contributed by atoms with Crippen LogP contribution in [0.15, 0.2) is 18.2 Å². The number of nitrogens with one attached hydrogen (secondary N) is 1. The SMILES string of the molecule is Cc1ccc(O)c(C(=O)NN)c1. The van der Waals surface area contributed by atoms with Gasteiger partial charge >= 0.3 is 0 Å². The van der Waals surface area contributed by atoms with Crippen LogP contribution in [0.1, 0.15) is 15.9 Å². The minimum atomic E-state index is -0.490. The molecule has 4 heteroatoms. The van der Waals surface area contributed by atoms with E-state index in [0.717, 1.165) is 5.56 Å². The molecule has 0 saturated carbocycles. The maximum atomic E-state index is 11.0. The quantitative estimate of drug-likeness (QED) is 0.319. The molecule has 1 amide bonds. The lowest BCUT2D eigenvalue weighted by Crippen LogP contribution is -2.30. The number of hydrogen-bond donors (Lipinski definition) is 3. The van der Waals surface area contributed by atoms with Gasteiger partial charge in [-0.3, -0.25) is 10.2 Å². The van der Waals surface area contributed by atoms with E-state index in [9.17, 15) is 9.90 Å². The number of phenolic OH excluding ortho intramolecular Hbond substituents is 1. The van der Waals surface area contributed by atoms with E-state index >= 15 is 0 Å². The van der Waals surface area contributed by atoms with Crippen molar-refractivity contribution in [2.75, 3.05) is 0 Å². The van der Waals surface area contributed by atoms with E-state index < -0.39 is 5.91 Å². The molecule has 0 aliphatic carbocycles. The molecule has 0 aliphatic rings. The smallest absolute Gasteiger partial charge is 0.268 e. The predicted molar refractivity (Wildman–Crippen MR) is 44.5 cm³/mol. The fourth-order valence-electron chi connectivity index (χ4n) is 0.910. The van der Waals surface area contributed by atoms with Crippen molar-refractivity contribution in [3.05, 3.63) is 29.3 Å². The number of phenols is 1. The summed E-state index contributed by atoms with van der Waals surface area (Å²) in [6.07, 6.45) is 0. The minimum Gasteiger partial charge on any atom is -0.507 e. The number of aryl methyl sites for hydroxylation is 1. The van der Waals surface area contributed by atoms with Gasteiger partial charge in [0.2, 0.25) is 0 Å². The van der Waals surface area contributed by atoms with Crippen molar-refractivity contribution in [3.8, 4) is 5.75 Å². The lowest BCUT2D eigenvalue weighted by Gasteiger charge is -2.02. The Morgan fingerprint density at radius 1 is 1.58 bits per heavy atom. The van der Waals surface area contributed by atoms with Crippen molar-refractivity contribution in [1.82, 2.24) is 5.43 Å². The van der Waals surface area contributed by atoms with Crippen LogP contribution >= 0.6 is 0 Å². The lowest BCUT2D eigenvalue weighted by molar-refractivity contribution is 0.0951. The van der Waals surface area contributed by atoms with Crippen LogP contribution in [0.4, 0.5) is 0 Å². The van der Waals surface area contributed by atoms with Crippen LogP contribution in [-0.2, 0) is 0 Å². The van der Waals surface area contributed by atoms with Crippen molar-refractivity contribution in [2.45, 2.75) is 6.92 Å². The second-order valence-electron chi connectivity index (χ2n) is 2.49. The van der Waals surface area contributed by atoms with Gasteiger partial charge in [0, 0.05) is 0 Å². The number of hydrazine groups is 1. The summed E-state index contributed by atoms with van der Waals surface area (Å²) >= 11 is 0. The number of rotatable bonds is 1. The summed E-state index contributed by atoms with van der Waals surface area (Å²) in [5, 5.41) is 9.22. The van der Waals surface area contributed by atoms with Gasteiger partial charge in [-0.05, 0) is 19.1 Å². The molecule has 64 valence electrons. The number of aromatic hydroxyl groups is 1. The maximum absolute atomic E-state index is 11.0. The monoisotopic (exact) mass is 166 g/mol. The first-order chi connectivity index (χ1) is 5.65. The Morgan fingerprint density at radius 3 is 2.83 bits per heavy atom. The molecule has 12 heavy (non-hydrogen) atoms. The second-order valence-corrected chi connectivity index (χ2v) is 2.49. The molecule has 1 rings (SSSR count). The molecule has 0 bridgehead atoms. The largest absolute Gasteiger partial charge is 0.507 e. The van der Waals surface area contributed by atoms with Crippen molar-refractivity contribution in [3.63, 3.8) is 0 Å². The third-order valence-corrected chi connectivity index (χ3v) is 1.53. The highest BCUT2D eigenvalue weighted by molar-refractivity contribution is 5.96. The zero-order chi connectivity index (χ0) is 9.14. The van der Waals surface area contributed by atoms with Gasteiger partial charge in [-0.1, -0.05) is 11.6 Å². The Morgan fingerprint density at radius 2 is 2.25 bits per heavy atom. The summed E-state index contributed by atoms with van der Waals surface area (Å²) in [5.41, 5.74) is 3.04. The Bertz CT molecular complexity index is 310. The van der Waals surface area contributed by atoms with Crippen LogP contribution in [0.2, 0.25) is 0 Å². The Labute approximate surface area is 70.0 Å². The molecule has 4 N–H and O–H groups in total. The van der Waals surface area contributed by atoms with Crippen LogP contribution < -0.4 is 11.3 Å². The van der Waals surface area contributed by atoms with E-state index in [1.807, 2.05) is 12.3 Å². The molecule has 1 aromatic rings. The van der Waals surface area contributed by atoms with Crippen LogP contribution in [0.25, 0.3) is 0 Å². The van der Waals surface area contributed by atoms with Crippen LogP contribution in [0.5, 0.6) is 5.75 Å². The highest BCUT2D eigenvalue weighted by atomic mass is 16.3. The number of hydrogen-bond acceptors (Lipinski definition) is 3. The Hall–Kier alpha value is -1.55. The van der Waals surface area contributed by atoms with Gasteiger partial charge in [0.05, 0.1) is 5.56 Å². The van der Waals surface area contributed by atoms with E-state index in [2.05, 4.69) is 0 Å². The standard InChI is InChI=1S/C8H10N2O2/c1-5-2-3-7(11)6(4-5)8(12)10-9/h2-4,11H,9H2,1H3,(H,10,12). The van der Waals surface area contributed by atoms with E-state index in [1.54, 1.807) is 12.1 Å². The molecular formula is C8H10N2O2. The molecule has 0 spiro atoms. The molecule has 0 fully saturated rings. The van der Waals surface area contributed by atoms with Gasteiger partial charge in [0.25, 0.3) is 5.91 Å². The number of amides is 1. The predicted octanol–water partition coefficient (Wildman–Crippen LogP) is 0.304. The zero-order valence-electron chi connectivity index (χ0n) is 6.66. The molecule has 0 atom stereocenters. The summed E-state index contributed by atoms with van der Waals surface area (Å²) in [7, 11) is 0. The van der Waals surface area contributed by atoms with Crippen molar-refractivity contribution in [1.29, 1.82) is 0 Å². The third-order valence-electron chi connectivity index (χ3n) is 1.53. The summed E-state index contributed by atoms with van der Waals surface area (Å²) in [6, 6.07) is 4.74. The molecule has 1 aromatic carbocycles. The summed E-state index contributed by atoms with van der Waals surface area (Å²) in [4.78, 5) is 11.0.